The van der Waals surface area contributed by atoms with Crippen molar-refractivity contribution in [1.82, 2.24) is 4.90 Å². The van der Waals surface area contributed by atoms with Gasteiger partial charge in [-0.05, 0) is 39.9 Å². The Hall–Kier alpha value is -3.67. The SMILES string of the molecule is CN(C(=O)OCC1c2ccccc2-c2ccccc21)[C@H](Cc1ccc(F)cc1)C(=O)O. The molecular weight excluding hydrogens is 397 g/mol. The van der Waals surface area contributed by atoms with Crippen molar-refractivity contribution >= 4 is 12.1 Å². The van der Waals surface area contributed by atoms with Crippen LogP contribution >= 0.6 is 0 Å². The van der Waals surface area contributed by atoms with Crippen molar-refractivity contribution in [3.05, 3.63) is 95.3 Å². The minimum atomic E-state index is -1.15. The van der Waals surface area contributed by atoms with Crippen LogP contribution in [-0.2, 0) is 16.0 Å². The van der Waals surface area contributed by atoms with Crippen LogP contribution in [0.3, 0.4) is 0 Å². The monoisotopic (exact) mass is 419 g/mol. The number of carboxylic acids is 1. The molecule has 0 radical (unpaired) electrons. The zero-order valence-electron chi connectivity index (χ0n) is 17.0. The number of hydrogen-bond acceptors (Lipinski definition) is 3. The van der Waals surface area contributed by atoms with Crippen LogP contribution in [0.4, 0.5) is 9.18 Å². The molecule has 5 nitrogen and oxygen atoms in total. The van der Waals surface area contributed by atoms with Gasteiger partial charge in [0.25, 0.3) is 0 Å². The van der Waals surface area contributed by atoms with Gasteiger partial charge in [-0.25, -0.2) is 14.0 Å². The van der Waals surface area contributed by atoms with Gasteiger partial charge in [0.2, 0.25) is 0 Å². The maximum atomic E-state index is 13.1. The summed E-state index contributed by atoms with van der Waals surface area (Å²) < 4.78 is 18.7. The predicted octanol–water partition coefficient (Wildman–Crippen LogP) is 4.70. The van der Waals surface area contributed by atoms with Crippen LogP contribution in [0.2, 0.25) is 0 Å². The van der Waals surface area contributed by atoms with Crippen LogP contribution in [0.15, 0.2) is 72.8 Å². The minimum absolute atomic E-state index is 0.0519. The van der Waals surface area contributed by atoms with E-state index >= 15 is 0 Å². The summed E-state index contributed by atoms with van der Waals surface area (Å²) in [6, 6.07) is 20.4. The Balaban J connectivity index is 1.47. The van der Waals surface area contributed by atoms with E-state index in [9.17, 15) is 19.1 Å². The fraction of sp³-hybridized carbons (Fsp3) is 0.200. The molecule has 0 saturated heterocycles. The summed E-state index contributed by atoms with van der Waals surface area (Å²) >= 11 is 0. The van der Waals surface area contributed by atoms with Crippen molar-refractivity contribution in [2.24, 2.45) is 0 Å². The third-order valence-corrected chi connectivity index (χ3v) is 5.72. The maximum Gasteiger partial charge on any atom is 0.410 e. The van der Waals surface area contributed by atoms with Gasteiger partial charge in [-0.3, -0.25) is 4.90 Å². The molecule has 0 unspecified atom stereocenters. The number of ether oxygens (including phenoxy) is 1. The molecule has 1 aliphatic rings. The van der Waals surface area contributed by atoms with E-state index in [-0.39, 0.29) is 18.9 Å². The Bertz CT molecular complexity index is 1070. The fourth-order valence-corrected chi connectivity index (χ4v) is 4.06. The smallest absolute Gasteiger partial charge is 0.410 e. The van der Waals surface area contributed by atoms with Crippen molar-refractivity contribution < 1.29 is 23.8 Å². The second kappa shape index (κ2) is 8.60. The summed E-state index contributed by atoms with van der Waals surface area (Å²) in [5.41, 5.74) is 5.02. The molecule has 31 heavy (non-hydrogen) atoms. The van der Waals surface area contributed by atoms with E-state index in [1.807, 2.05) is 48.5 Å². The predicted molar refractivity (Wildman–Crippen MR) is 114 cm³/mol. The average molecular weight is 419 g/mol. The van der Waals surface area contributed by atoms with E-state index in [2.05, 4.69) is 0 Å². The third kappa shape index (κ3) is 4.14. The number of rotatable bonds is 6. The molecule has 1 N–H and O–H groups in total. The van der Waals surface area contributed by atoms with E-state index in [1.165, 1.54) is 31.3 Å². The van der Waals surface area contributed by atoms with E-state index < -0.39 is 23.9 Å². The Kier molecular flexibility index (Phi) is 5.71. The largest absolute Gasteiger partial charge is 0.480 e. The first kappa shape index (κ1) is 20.6. The Morgan fingerprint density at radius 3 is 2.06 bits per heavy atom. The average Bonchev–Trinajstić information content (AvgIpc) is 3.10. The lowest BCUT2D eigenvalue weighted by Crippen LogP contribution is -2.44. The summed E-state index contributed by atoms with van der Waals surface area (Å²) in [4.78, 5) is 25.6. The van der Waals surface area contributed by atoms with E-state index in [4.69, 9.17) is 4.74 Å². The number of benzene rings is 3. The van der Waals surface area contributed by atoms with Crippen molar-refractivity contribution in [1.29, 1.82) is 0 Å². The molecule has 1 aliphatic carbocycles. The minimum Gasteiger partial charge on any atom is -0.480 e. The molecule has 158 valence electrons. The second-order valence-electron chi connectivity index (χ2n) is 7.60. The third-order valence-electron chi connectivity index (χ3n) is 5.72. The molecule has 0 saturated carbocycles. The van der Waals surface area contributed by atoms with Crippen LogP contribution < -0.4 is 0 Å². The molecule has 0 heterocycles. The topological polar surface area (TPSA) is 66.8 Å². The Morgan fingerprint density at radius 1 is 0.968 bits per heavy atom. The molecule has 0 aromatic heterocycles. The molecule has 6 heteroatoms. The number of likely N-dealkylation sites (N-methyl/N-ethyl adjacent to an activating group) is 1. The highest BCUT2D eigenvalue weighted by molar-refractivity contribution is 5.81. The number of nitrogens with zero attached hydrogens (tertiary/aromatic N) is 1. The first-order valence-corrected chi connectivity index (χ1v) is 10.0. The van der Waals surface area contributed by atoms with E-state index in [0.29, 0.717) is 5.56 Å². The molecule has 1 atom stereocenters. The molecule has 0 fully saturated rings. The molecule has 0 aliphatic heterocycles. The summed E-state index contributed by atoms with van der Waals surface area (Å²) in [6.45, 7) is 0.111. The van der Waals surface area contributed by atoms with Gasteiger partial charge in [0.05, 0.1) is 0 Å². The number of aliphatic carboxylic acids is 1. The molecule has 4 rings (SSSR count). The lowest BCUT2D eigenvalue weighted by Gasteiger charge is -2.25. The van der Waals surface area contributed by atoms with Crippen LogP contribution in [-0.4, -0.2) is 41.8 Å². The highest BCUT2D eigenvalue weighted by Crippen LogP contribution is 2.44. The van der Waals surface area contributed by atoms with Gasteiger partial charge < -0.3 is 9.84 Å². The van der Waals surface area contributed by atoms with Gasteiger partial charge in [-0.1, -0.05) is 60.7 Å². The van der Waals surface area contributed by atoms with E-state index in [0.717, 1.165) is 27.2 Å². The van der Waals surface area contributed by atoms with Crippen molar-refractivity contribution in [2.75, 3.05) is 13.7 Å². The number of hydrogen-bond donors (Lipinski definition) is 1. The van der Waals surface area contributed by atoms with Crippen molar-refractivity contribution in [2.45, 2.75) is 18.4 Å². The van der Waals surface area contributed by atoms with Gasteiger partial charge in [0.1, 0.15) is 18.5 Å². The number of amides is 1. The highest BCUT2D eigenvalue weighted by atomic mass is 19.1. The normalized spacial score (nSPS) is 13.2. The van der Waals surface area contributed by atoms with Gasteiger partial charge in [-0.15, -0.1) is 0 Å². The number of carbonyl (C=O) groups excluding carboxylic acids is 1. The summed E-state index contributed by atoms with van der Waals surface area (Å²) in [5, 5.41) is 9.63. The first-order chi connectivity index (χ1) is 15.0. The molecular formula is C25H22FNO4. The van der Waals surface area contributed by atoms with Crippen molar-refractivity contribution in [3.63, 3.8) is 0 Å². The standard InChI is InChI=1S/C25H22FNO4/c1-27(23(24(28)29)14-16-10-12-17(26)13-11-16)25(30)31-15-22-20-8-4-2-6-18(20)19-7-3-5-9-21(19)22/h2-13,22-23H,14-15H2,1H3,(H,28,29)/t23-/m1/s1. The van der Waals surface area contributed by atoms with E-state index in [1.54, 1.807) is 0 Å². The molecule has 0 spiro atoms. The van der Waals surface area contributed by atoms with Crippen LogP contribution in [0.5, 0.6) is 0 Å². The summed E-state index contributed by atoms with van der Waals surface area (Å²) in [7, 11) is 1.40. The second-order valence-corrected chi connectivity index (χ2v) is 7.60. The zero-order chi connectivity index (χ0) is 22.0. The Morgan fingerprint density at radius 2 is 1.52 bits per heavy atom. The molecule has 3 aromatic rings. The van der Waals surface area contributed by atoms with Crippen LogP contribution in [0, 0.1) is 5.82 Å². The summed E-state index contributed by atoms with van der Waals surface area (Å²) in [5.74, 6) is -1.66. The zero-order valence-corrected chi connectivity index (χ0v) is 17.0. The van der Waals surface area contributed by atoms with Gasteiger partial charge in [0, 0.05) is 19.4 Å². The molecule has 0 bridgehead atoms. The first-order valence-electron chi connectivity index (χ1n) is 10.0. The number of carboxylic acid groups (broad SMARTS) is 1. The van der Waals surface area contributed by atoms with Crippen LogP contribution in [0.25, 0.3) is 11.1 Å². The van der Waals surface area contributed by atoms with Crippen LogP contribution in [0.1, 0.15) is 22.6 Å². The lowest BCUT2D eigenvalue weighted by atomic mass is 9.98. The number of fused-ring (bicyclic) bond motifs is 3. The van der Waals surface area contributed by atoms with Gasteiger partial charge in [0.15, 0.2) is 0 Å². The fourth-order valence-electron chi connectivity index (χ4n) is 4.06. The summed E-state index contributed by atoms with van der Waals surface area (Å²) in [6.07, 6.45) is -0.660. The van der Waals surface area contributed by atoms with Gasteiger partial charge >= 0.3 is 12.1 Å². The van der Waals surface area contributed by atoms with Crippen molar-refractivity contribution in [3.8, 4) is 11.1 Å². The highest BCUT2D eigenvalue weighted by Gasteiger charge is 2.32. The maximum absolute atomic E-state index is 13.1. The molecule has 3 aromatic carbocycles. The molecule has 1 amide bonds. The van der Waals surface area contributed by atoms with Gasteiger partial charge in [-0.2, -0.15) is 0 Å². The number of halogens is 1. The lowest BCUT2D eigenvalue weighted by molar-refractivity contribution is -0.142. The Labute approximate surface area is 179 Å². The quantitative estimate of drug-likeness (QED) is 0.629. The number of carbonyl (C=O) groups is 2.